The van der Waals surface area contributed by atoms with Crippen molar-refractivity contribution in [3.05, 3.63) is 35.4 Å². The van der Waals surface area contributed by atoms with Crippen molar-refractivity contribution < 1.29 is 26.7 Å². The lowest BCUT2D eigenvalue weighted by atomic mass is 10.1. The summed E-state index contributed by atoms with van der Waals surface area (Å²) in [7, 11) is 0. The number of nitrogens with zero attached hydrogens (tertiary/aromatic N) is 2. The summed E-state index contributed by atoms with van der Waals surface area (Å²) in [6.45, 7) is 0. The van der Waals surface area contributed by atoms with Crippen LogP contribution in [0.5, 0.6) is 0 Å². The smallest absolute Gasteiger partial charge is 0.303 e. The highest BCUT2D eigenvalue weighted by molar-refractivity contribution is 8.15. The Morgan fingerprint density at radius 1 is 1.23 bits per heavy atom. The van der Waals surface area contributed by atoms with Crippen molar-refractivity contribution in [3.8, 4) is 0 Å². The minimum Gasteiger partial charge on any atom is -0.303 e. The molecule has 0 saturated carbocycles. The van der Waals surface area contributed by atoms with Crippen LogP contribution in [-0.4, -0.2) is 29.2 Å². The van der Waals surface area contributed by atoms with Gasteiger partial charge in [-0.3, -0.25) is 4.79 Å². The van der Waals surface area contributed by atoms with Gasteiger partial charge in [0, 0.05) is 5.56 Å². The molecule has 1 amide bonds. The predicted molar refractivity (Wildman–Crippen MR) is 72.0 cm³/mol. The lowest BCUT2D eigenvalue weighted by Gasteiger charge is -2.19. The van der Waals surface area contributed by atoms with Crippen LogP contribution < -0.4 is 5.32 Å². The summed E-state index contributed by atoms with van der Waals surface area (Å²) in [6, 6.07) is 3.73. The van der Waals surface area contributed by atoms with Gasteiger partial charge in [-0.2, -0.15) is 27.1 Å². The first-order valence-electron chi connectivity index (χ1n) is 5.79. The van der Waals surface area contributed by atoms with Gasteiger partial charge in [0.25, 0.3) is 0 Å². The second kappa shape index (κ2) is 6.03. The van der Waals surface area contributed by atoms with Gasteiger partial charge in [-0.1, -0.05) is 30.0 Å². The van der Waals surface area contributed by atoms with Gasteiger partial charge < -0.3 is 5.32 Å². The van der Waals surface area contributed by atoms with E-state index in [0.717, 1.165) is 24.0 Å². The molecule has 0 aliphatic carbocycles. The zero-order valence-electron chi connectivity index (χ0n) is 10.7. The first-order chi connectivity index (χ1) is 10.2. The molecular weight excluding hydrogens is 329 g/mol. The standard InChI is InChI=1S/C12H8F5N3OS/c13-11(14,12(15,16)17)8-3-1-2-7(4-8)5-18-20-10-19-9(21)6-22-10/h1-5H,6H2,(H,19,20,21). The number of hydrogen-bond donors (Lipinski definition) is 1. The van der Waals surface area contributed by atoms with Gasteiger partial charge >= 0.3 is 12.1 Å². The quantitative estimate of drug-likeness (QED) is 0.524. The number of hydrogen-bond acceptors (Lipinski definition) is 4. The Bertz CT molecular complexity index is 642. The van der Waals surface area contributed by atoms with Crippen LogP contribution in [0.2, 0.25) is 0 Å². The maximum Gasteiger partial charge on any atom is 0.458 e. The van der Waals surface area contributed by atoms with E-state index >= 15 is 0 Å². The molecule has 22 heavy (non-hydrogen) atoms. The Labute approximate surface area is 125 Å². The van der Waals surface area contributed by atoms with E-state index in [9.17, 15) is 26.7 Å². The van der Waals surface area contributed by atoms with Crippen LogP contribution in [0.1, 0.15) is 11.1 Å². The first kappa shape index (κ1) is 16.4. The minimum atomic E-state index is -5.67. The molecule has 1 aromatic rings. The van der Waals surface area contributed by atoms with Gasteiger partial charge in [-0.15, -0.1) is 5.10 Å². The van der Waals surface area contributed by atoms with Crippen LogP contribution in [0.25, 0.3) is 0 Å². The molecule has 1 aliphatic heterocycles. The largest absolute Gasteiger partial charge is 0.458 e. The Kier molecular flexibility index (Phi) is 4.50. The fourth-order valence-electron chi connectivity index (χ4n) is 1.51. The summed E-state index contributed by atoms with van der Waals surface area (Å²) in [6.07, 6.45) is -4.65. The van der Waals surface area contributed by atoms with Crippen LogP contribution in [0.4, 0.5) is 22.0 Å². The van der Waals surface area contributed by atoms with Gasteiger partial charge in [0.05, 0.1) is 12.0 Å². The Hall–Kier alpha value is -1.97. The van der Waals surface area contributed by atoms with E-state index in [1.165, 1.54) is 6.07 Å². The molecule has 1 aromatic carbocycles. The number of thioether (sulfide) groups is 1. The minimum absolute atomic E-state index is 0.0279. The summed E-state index contributed by atoms with van der Waals surface area (Å²) in [5, 5.41) is 9.78. The summed E-state index contributed by atoms with van der Waals surface area (Å²) >= 11 is 1.10. The number of carbonyl (C=O) groups excluding carboxylic acids is 1. The van der Waals surface area contributed by atoms with Gasteiger partial charge in [-0.25, -0.2) is 0 Å². The fourth-order valence-corrected chi connectivity index (χ4v) is 2.14. The summed E-state index contributed by atoms with van der Waals surface area (Å²) in [4.78, 5) is 10.9. The lowest BCUT2D eigenvalue weighted by molar-refractivity contribution is -0.289. The number of nitrogens with one attached hydrogen (secondary N) is 1. The summed E-state index contributed by atoms with van der Waals surface area (Å²) in [5.74, 6) is -4.99. The molecule has 10 heteroatoms. The van der Waals surface area contributed by atoms with Crippen LogP contribution in [-0.2, 0) is 10.7 Å². The molecule has 1 fully saturated rings. The van der Waals surface area contributed by atoms with Gasteiger partial charge in [0.15, 0.2) is 5.17 Å². The molecule has 4 nitrogen and oxygen atoms in total. The molecule has 0 radical (unpaired) electrons. The monoisotopic (exact) mass is 337 g/mol. The van der Waals surface area contributed by atoms with Crippen molar-refractivity contribution in [2.45, 2.75) is 12.1 Å². The highest BCUT2D eigenvalue weighted by atomic mass is 32.2. The molecule has 2 rings (SSSR count). The van der Waals surface area contributed by atoms with Crippen molar-refractivity contribution in [1.29, 1.82) is 0 Å². The molecule has 1 aliphatic rings. The van der Waals surface area contributed by atoms with E-state index in [1.807, 2.05) is 0 Å². The van der Waals surface area contributed by atoms with E-state index in [4.69, 9.17) is 0 Å². The third kappa shape index (κ3) is 3.62. The number of rotatable bonds is 3. The second-order valence-electron chi connectivity index (χ2n) is 4.18. The summed E-state index contributed by atoms with van der Waals surface area (Å²) in [5.41, 5.74) is -1.15. The van der Waals surface area contributed by atoms with Gasteiger partial charge in [-0.05, 0) is 11.6 Å². The number of amidine groups is 1. The summed E-state index contributed by atoms with van der Waals surface area (Å²) < 4.78 is 63.3. The number of amides is 1. The molecule has 1 heterocycles. The molecule has 0 bridgehead atoms. The fraction of sp³-hybridized carbons (Fsp3) is 0.250. The van der Waals surface area contributed by atoms with E-state index in [2.05, 4.69) is 15.5 Å². The zero-order chi connectivity index (χ0) is 16.4. The van der Waals surface area contributed by atoms with Crippen LogP contribution in [0, 0.1) is 0 Å². The molecule has 0 unspecified atom stereocenters. The van der Waals surface area contributed by atoms with Crippen molar-refractivity contribution in [1.82, 2.24) is 5.32 Å². The normalized spacial score (nSPS) is 18.2. The SMILES string of the molecule is O=C1CSC(=NN=Cc2cccc(C(F)(F)C(F)(F)F)c2)N1. The van der Waals surface area contributed by atoms with E-state index in [1.54, 1.807) is 0 Å². The molecule has 0 spiro atoms. The Balaban J connectivity index is 2.17. The van der Waals surface area contributed by atoms with E-state index < -0.39 is 17.7 Å². The van der Waals surface area contributed by atoms with Crippen molar-refractivity contribution in [2.24, 2.45) is 10.2 Å². The number of benzene rings is 1. The predicted octanol–water partition coefficient (Wildman–Crippen LogP) is 2.89. The van der Waals surface area contributed by atoms with E-state index in [0.29, 0.717) is 12.1 Å². The van der Waals surface area contributed by atoms with Crippen LogP contribution in [0.3, 0.4) is 0 Å². The average molecular weight is 337 g/mol. The highest BCUT2D eigenvalue weighted by Gasteiger charge is 2.58. The molecular formula is C12H8F5N3OS. The van der Waals surface area contributed by atoms with Crippen molar-refractivity contribution >= 4 is 29.1 Å². The third-order valence-electron chi connectivity index (χ3n) is 2.55. The van der Waals surface area contributed by atoms with Crippen molar-refractivity contribution in [2.75, 3.05) is 5.75 Å². The van der Waals surface area contributed by atoms with Gasteiger partial charge in [0.1, 0.15) is 0 Å². The Morgan fingerprint density at radius 3 is 2.55 bits per heavy atom. The number of carbonyl (C=O) groups is 1. The van der Waals surface area contributed by atoms with Crippen LogP contribution >= 0.6 is 11.8 Å². The van der Waals surface area contributed by atoms with E-state index in [-0.39, 0.29) is 22.4 Å². The molecule has 118 valence electrons. The highest BCUT2D eigenvalue weighted by Crippen LogP contribution is 2.43. The first-order valence-corrected chi connectivity index (χ1v) is 6.77. The third-order valence-corrected chi connectivity index (χ3v) is 3.41. The average Bonchev–Trinajstić information content (AvgIpc) is 2.83. The number of alkyl halides is 5. The molecule has 0 atom stereocenters. The maximum absolute atomic E-state index is 13.2. The molecule has 1 N–H and O–H groups in total. The van der Waals surface area contributed by atoms with Gasteiger partial charge in [0.2, 0.25) is 5.91 Å². The van der Waals surface area contributed by atoms with Crippen molar-refractivity contribution in [3.63, 3.8) is 0 Å². The van der Waals surface area contributed by atoms with Crippen LogP contribution in [0.15, 0.2) is 34.5 Å². The zero-order valence-corrected chi connectivity index (χ0v) is 11.5. The second-order valence-corrected chi connectivity index (χ2v) is 5.15. The topological polar surface area (TPSA) is 53.8 Å². The lowest BCUT2D eigenvalue weighted by Crippen LogP contribution is -2.33. The maximum atomic E-state index is 13.2. The Morgan fingerprint density at radius 2 is 1.95 bits per heavy atom. The number of halogens is 5. The molecule has 1 saturated heterocycles. The molecule has 0 aromatic heterocycles.